The fourth-order valence-corrected chi connectivity index (χ4v) is 8.24. The Labute approximate surface area is 362 Å². The molecule has 14 heteroatoms. The summed E-state index contributed by atoms with van der Waals surface area (Å²) in [5.41, 5.74) is 6.44. The summed E-state index contributed by atoms with van der Waals surface area (Å²) in [5.74, 6) is -1.16. The third kappa shape index (κ3) is 9.28. The summed E-state index contributed by atoms with van der Waals surface area (Å²) < 4.78 is 12.2. The minimum atomic E-state index is -1.27. The lowest BCUT2D eigenvalue weighted by Gasteiger charge is -2.41. The zero-order valence-corrected chi connectivity index (χ0v) is 34.4. The lowest BCUT2D eigenvalue weighted by atomic mass is 9.91. The van der Waals surface area contributed by atoms with Crippen LogP contribution in [-0.4, -0.2) is 63.9 Å². The summed E-state index contributed by atoms with van der Waals surface area (Å²) in [4.78, 5) is 57.6. The van der Waals surface area contributed by atoms with Gasteiger partial charge < -0.3 is 35.0 Å². The van der Waals surface area contributed by atoms with Gasteiger partial charge in [-0.05, 0) is 101 Å². The predicted octanol–water partition coefficient (Wildman–Crippen LogP) is 8.33. The van der Waals surface area contributed by atoms with E-state index in [4.69, 9.17) is 37.9 Å². The number of nitriles is 1. The number of piperidine rings is 1. The number of carbonyl (C=O) groups is 4. The van der Waals surface area contributed by atoms with Crippen molar-refractivity contribution in [2.45, 2.75) is 63.4 Å². The van der Waals surface area contributed by atoms with Gasteiger partial charge in [0.25, 0.3) is 5.91 Å². The van der Waals surface area contributed by atoms with Crippen LogP contribution in [0.4, 0.5) is 10.5 Å². The predicted molar refractivity (Wildman–Crippen MR) is 229 cm³/mol. The average Bonchev–Trinajstić information content (AvgIpc) is 3.28. The van der Waals surface area contributed by atoms with E-state index >= 15 is 0 Å². The topological polar surface area (TPSA) is 161 Å². The van der Waals surface area contributed by atoms with E-state index in [0.717, 1.165) is 47.1 Å². The van der Waals surface area contributed by atoms with Crippen LogP contribution >= 0.6 is 23.2 Å². The normalized spacial score (nSPS) is 17.4. The number of ether oxygens (including phenoxy) is 2. The number of hydrogen-bond donors (Lipinski definition) is 3. The van der Waals surface area contributed by atoms with Crippen molar-refractivity contribution in [2.24, 2.45) is 0 Å². The van der Waals surface area contributed by atoms with Crippen LogP contribution in [0.3, 0.4) is 0 Å². The molecule has 5 aromatic carbocycles. The maximum atomic E-state index is 14.2. The second-order valence-electron chi connectivity index (χ2n) is 15.4. The molecule has 2 unspecified atom stereocenters. The van der Waals surface area contributed by atoms with Crippen LogP contribution in [0.5, 0.6) is 11.5 Å². The lowest BCUT2D eigenvalue weighted by Crippen LogP contribution is -2.58. The molecule has 3 aliphatic heterocycles. The Morgan fingerprint density at radius 2 is 1.56 bits per heavy atom. The molecule has 1 saturated heterocycles. The Morgan fingerprint density at radius 1 is 0.869 bits per heavy atom. The summed E-state index contributed by atoms with van der Waals surface area (Å²) in [6, 6.07) is 29.9. The number of carboxylic acids is 1. The van der Waals surface area contributed by atoms with E-state index in [-0.39, 0.29) is 37.9 Å². The fraction of sp³-hybridized carbons (Fsp3) is 0.255. The minimum Gasteiger partial charge on any atom is -0.489 e. The molecule has 3 N–H and O–H groups in total. The van der Waals surface area contributed by atoms with Crippen molar-refractivity contribution in [2.75, 3.05) is 18.4 Å². The first-order chi connectivity index (χ1) is 29.5. The molecule has 12 nitrogen and oxygen atoms in total. The van der Waals surface area contributed by atoms with Crippen molar-refractivity contribution in [3.63, 3.8) is 0 Å². The molecule has 5 aromatic rings. The number of nitrogens with zero attached hydrogens (tertiary/aromatic N) is 3. The third-order valence-electron chi connectivity index (χ3n) is 11.3. The highest BCUT2D eigenvalue weighted by Crippen LogP contribution is 2.40. The van der Waals surface area contributed by atoms with E-state index in [1.807, 2.05) is 42.5 Å². The first kappa shape index (κ1) is 41.2. The van der Waals surface area contributed by atoms with Crippen molar-refractivity contribution in [1.29, 1.82) is 5.26 Å². The molecule has 1 fully saturated rings. The Balaban J connectivity index is 0.981. The van der Waals surface area contributed by atoms with Crippen LogP contribution in [0.1, 0.15) is 58.7 Å². The smallest absolute Gasteiger partial charge is 0.326 e. The van der Waals surface area contributed by atoms with Crippen molar-refractivity contribution < 1.29 is 33.8 Å². The number of likely N-dealkylation sites (tertiary alicyclic amines) is 1. The highest BCUT2D eigenvalue weighted by atomic mass is 35.5. The summed E-state index contributed by atoms with van der Waals surface area (Å²) in [6.07, 6.45) is 1.88. The molecule has 61 heavy (non-hydrogen) atoms. The molecular weight excluding hydrogens is 817 g/mol. The second-order valence-corrected chi connectivity index (χ2v) is 16.2. The number of amides is 4. The number of anilines is 1. The molecule has 0 aliphatic carbocycles. The standard InChI is InChI=1S/C47H41Cl2N5O7/c48-37-17-8-30(20-38(37)49)27-60-36-15-13-33(14-16-36)43-45(56)51-39-22-34-23-41(54(26-35(34)24-42(39)61-43)47(59)53-18-2-1-3-19-53)44(55)52-40(46(57)58)21-28-4-9-31(10-5-28)32-11-6-29(25-50)7-12-32/h4-17,20,22,24,40-41,43H,1-3,18-19,21,23,26-27H2,(H,51,56)(H,52,55)(H,57,58)/t40-,41?,43?/m0/s1. The molecule has 310 valence electrons. The first-order valence-electron chi connectivity index (χ1n) is 20.0. The van der Waals surface area contributed by atoms with Crippen LogP contribution in [-0.2, 0) is 40.4 Å². The molecule has 0 radical (unpaired) electrons. The summed E-state index contributed by atoms with van der Waals surface area (Å²) in [6.45, 7) is 1.48. The summed E-state index contributed by atoms with van der Waals surface area (Å²) in [7, 11) is 0. The van der Waals surface area contributed by atoms with Crippen LogP contribution in [0.2, 0.25) is 10.0 Å². The zero-order chi connectivity index (χ0) is 42.6. The molecule has 0 spiro atoms. The molecule has 0 saturated carbocycles. The van der Waals surface area contributed by atoms with Crippen LogP contribution in [0.25, 0.3) is 11.1 Å². The van der Waals surface area contributed by atoms with Gasteiger partial charge in [-0.15, -0.1) is 0 Å². The van der Waals surface area contributed by atoms with Gasteiger partial charge in [-0.3, -0.25) is 9.59 Å². The molecule has 0 aromatic heterocycles. The third-order valence-corrected chi connectivity index (χ3v) is 12.0. The van der Waals surface area contributed by atoms with E-state index in [1.54, 1.807) is 65.6 Å². The number of urea groups is 1. The highest BCUT2D eigenvalue weighted by Gasteiger charge is 2.40. The summed E-state index contributed by atoms with van der Waals surface area (Å²) >= 11 is 12.2. The van der Waals surface area contributed by atoms with Crippen molar-refractivity contribution in [3.8, 4) is 28.7 Å². The van der Waals surface area contributed by atoms with Gasteiger partial charge in [0.05, 0.1) is 27.4 Å². The molecule has 3 atom stereocenters. The number of hydrogen-bond acceptors (Lipinski definition) is 7. The monoisotopic (exact) mass is 857 g/mol. The maximum Gasteiger partial charge on any atom is 0.326 e. The van der Waals surface area contributed by atoms with Gasteiger partial charge in [0.2, 0.25) is 12.0 Å². The Hall–Kier alpha value is -6.55. The van der Waals surface area contributed by atoms with E-state index in [2.05, 4.69) is 16.7 Å². The molecule has 3 aliphatic rings. The van der Waals surface area contributed by atoms with Crippen LogP contribution < -0.4 is 20.1 Å². The number of benzene rings is 5. The average molecular weight is 859 g/mol. The molecule has 0 bridgehead atoms. The number of aliphatic carboxylic acids is 1. The van der Waals surface area contributed by atoms with E-state index in [1.165, 1.54) is 4.90 Å². The Morgan fingerprint density at radius 3 is 2.23 bits per heavy atom. The van der Waals surface area contributed by atoms with E-state index < -0.39 is 30.1 Å². The Kier molecular flexibility index (Phi) is 12.1. The molecule has 3 heterocycles. The van der Waals surface area contributed by atoms with Crippen molar-refractivity contribution >= 4 is 52.7 Å². The van der Waals surface area contributed by atoms with Gasteiger partial charge in [-0.2, -0.15) is 5.26 Å². The number of carbonyl (C=O) groups excluding carboxylic acids is 3. The van der Waals surface area contributed by atoms with E-state index in [0.29, 0.717) is 57.0 Å². The minimum absolute atomic E-state index is 0.0185. The van der Waals surface area contributed by atoms with Crippen LogP contribution in [0.15, 0.2) is 103 Å². The quantitative estimate of drug-likeness (QED) is 0.126. The maximum absolute atomic E-state index is 14.2. The molecule has 4 amide bonds. The van der Waals surface area contributed by atoms with Gasteiger partial charge >= 0.3 is 12.0 Å². The second kappa shape index (κ2) is 18.0. The fourth-order valence-electron chi connectivity index (χ4n) is 7.92. The number of fused-ring (bicyclic) bond motifs is 2. The highest BCUT2D eigenvalue weighted by molar-refractivity contribution is 6.42. The number of carboxylic acid groups (broad SMARTS) is 1. The zero-order valence-electron chi connectivity index (χ0n) is 32.9. The number of nitrogens with one attached hydrogen (secondary N) is 2. The number of halogens is 2. The van der Waals surface area contributed by atoms with Gasteiger partial charge in [-0.1, -0.05) is 77.8 Å². The van der Waals surface area contributed by atoms with Gasteiger partial charge in [0, 0.05) is 38.0 Å². The first-order valence-corrected chi connectivity index (χ1v) is 20.8. The Bertz CT molecular complexity index is 2520. The largest absolute Gasteiger partial charge is 0.489 e. The summed E-state index contributed by atoms with van der Waals surface area (Å²) in [5, 5.41) is 26.0. The lowest BCUT2D eigenvalue weighted by molar-refractivity contribution is -0.142. The number of rotatable bonds is 10. The van der Waals surface area contributed by atoms with Gasteiger partial charge in [0.15, 0.2) is 0 Å². The van der Waals surface area contributed by atoms with Gasteiger partial charge in [-0.25, -0.2) is 9.59 Å². The molecule has 8 rings (SSSR count). The van der Waals surface area contributed by atoms with Gasteiger partial charge in [0.1, 0.15) is 30.2 Å². The van der Waals surface area contributed by atoms with Crippen LogP contribution in [0, 0.1) is 11.3 Å². The van der Waals surface area contributed by atoms with Crippen molar-refractivity contribution in [3.05, 3.63) is 147 Å². The SMILES string of the molecule is N#Cc1ccc(-c2ccc(C[C@H](NC(=O)C3Cc4cc5c(cc4CN3C(=O)N3CCCCC3)OC(c3ccc(OCc4ccc(Cl)c(Cl)c4)cc3)C(=O)N5)C(=O)O)cc2)cc1. The molecular formula is C47H41Cl2N5O7. The van der Waals surface area contributed by atoms with Crippen molar-refractivity contribution in [1.82, 2.24) is 15.1 Å². The van der Waals surface area contributed by atoms with E-state index in [9.17, 15) is 24.3 Å².